The Labute approximate surface area is 154 Å². The van der Waals surface area contributed by atoms with Gasteiger partial charge in [0.2, 0.25) is 12.8 Å². The zero-order valence-electron chi connectivity index (χ0n) is 14.8. The average molecular weight is 362 g/mol. The standard InChI is InChI=1S/C19H24ClN3O2/c1-4-23(14-25)9-5-6-16(3)21-12-15(2)10-17-11-18(20)7-8-19(17)22-13-24/h5-11,13-14,21H,4,12H2,1-3H3,(H,22,24)/b9-5-,15-10+,16-6+. The van der Waals surface area contributed by atoms with Crippen molar-refractivity contribution in [2.45, 2.75) is 20.8 Å². The third kappa shape index (κ3) is 7.72. The summed E-state index contributed by atoms with van der Waals surface area (Å²) < 4.78 is 0. The number of nitrogens with zero attached hydrogens (tertiary/aromatic N) is 1. The second-order valence-electron chi connectivity index (χ2n) is 5.47. The van der Waals surface area contributed by atoms with Crippen LogP contribution in [0.1, 0.15) is 26.3 Å². The van der Waals surface area contributed by atoms with Crippen molar-refractivity contribution in [1.29, 1.82) is 0 Å². The van der Waals surface area contributed by atoms with E-state index in [9.17, 15) is 9.59 Å². The molecule has 0 bridgehead atoms. The Balaban J connectivity index is 2.71. The van der Waals surface area contributed by atoms with Crippen LogP contribution in [0.5, 0.6) is 0 Å². The number of rotatable bonds is 10. The molecule has 0 atom stereocenters. The largest absolute Gasteiger partial charge is 0.385 e. The van der Waals surface area contributed by atoms with Gasteiger partial charge in [-0.2, -0.15) is 0 Å². The molecule has 0 heterocycles. The maximum absolute atomic E-state index is 10.7. The smallest absolute Gasteiger partial charge is 0.213 e. The molecule has 0 aliphatic rings. The van der Waals surface area contributed by atoms with E-state index in [4.69, 9.17) is 11.6 Å². The first kappa shape index (κ1) is 20.5. The Hall–Kier alpha value is -2.53. The molecule has 0 unspecified atom stereocenters. The van der Waals surface area contributed by atoms with Crippen molar-refractivity contribution >= 4 is 36.2 Å². The van der Waals surface area contributed by atoms with Gasteiger partial charge in [0, 0.05) is 35.7 Å². The van der Waals surface area contributed by atoms with E-state index >= 15 is 0 Å². The number of halogens is 1. The van der Waals surface area contributed by atoms with Gasteiger partial charge in [0.15, 0.2) is 0 Å². The van der Waals surface area contributed by atoms with E-state index in [-0.39, 0.29) is 0 Å². The van der Waals surface area contributed by atoms with E-state index < -0.39 is 0 Å². The van der Waals surface area contributed by atoms with Gasteiger partial charge in [-0.15, -0.1) is 0 Å². The van der Waals surface area contributed by atoms with E-state index in [1.54, 1.807) is 29.3 Å². The van der Waals surface area contributed by atoms with Crippen molar-refractivity contribution in [3.8, 4) is 0 Å². The first-order valence-corrected chi connectivity index (χ1v) is 8.34. The SMILES string of the molecule is CCN(C=O)/C=C\C=C(/C)NC/C(C)=C/c1cc(Cl)ccc1NC=O. The van der Waals surface area contributed by atoms with Crippen molar-refractivity contribution < 1.29 is 9.59 Å². The van der Waals surface area contributed by atoms with E-state index in [1.807, 2.05) is 39.0 Å². The molecule has 0 spiro atoms. The lowest BCUT2D eigenvalue weighted by Crippen LogP contribution is -2.14. The lowest BCUT2D eigenvalue weighted by Gasteiger charge is -2.09. The summed E-state index contributed by atoms with van der Waals surface area (Å²) in [4.78, 5) is 22.9. The highest BCUT2D eigenvalue weighted by Crippen LogP contribution is 2.22. The molecule has 2 N–H and O–H groups in total. The van der Waals surface area contributed by atoms with Crippen molar-refractivity contribution in [3.63, 3.8) is 0 Å². The maximum Gasteiger partial charge on any atom is 0.213 e. The Morgan fingerprint density at radius 3 is 2.68 bits per heavy atom. The van der Waals surface area contributed by atoms with Gasteiger partial charge in [0.1, 0.15) is 0 Å². The first-order valence-electron chi connectivity index (χ1n) is 7.97. The molecule has 6 heteroatoms. The zero-order valence-corrected chi connectivity index (χ0v) is 15.5. The van der Waals surface area contributed by atoms with Crippen LogP contribution >= 0.6 is 11.6 Å². The van der Waals surface area contributed by atoms with E-state index in [1.165, 1.54) is 0 Å². The first-order chi connectivity index (χ1) is 12.0. The normalized spacial score (nSPS) is 12.2. The summed E-state index contributed by atoms with van der Waals surface area (Å²) in [6, 6.07) is 5.31. The number of benzene rings is 1. The monoisotopic (exact) mass is 361 g/mol. The molecular formula is C19H24ClN3O2. The molecule has 1 aromatic rings. The summed E-state index contributed by atoms with van der Waals surface area (Å²) in [6.45, 7) is 7.14. The lowest BCUT2D eigenvalue weighted by molar-refractivity contribution is -0.115. The lowest BCUT2D eigenvalue weighted by atomic mass is 10.1. The Morgan fingerprint density at radius 2 is 2.04 bits per heavy atom. The molecule has 5 nitrogen and oxygen atoms in total. The van der Waals surface area contributed by atoms with Gasteiger partial charge in [-0.1, -0.05) is 23.3 Å². The van der Waals surface area contributed by atoms with E-state index in [2.05, 4.69) is 10.6 Å². The summed E-state index contributed by atoms with van der Waals surface area (Å²) in [6.07, 6.45) is 8.85. The highest BCUT2D eigenvalue weighted by Gasteiger charge is 2.01. The molecule has 0 saturated carbocycles. The third-order valence-electron chi connectivity index (χ3n) is 3.40. The molecule has 1 aromatic carbocycles. The molecule has 0 radical (unpaired) electrons. The minimum absolute atomic E-state index is 0.611. The van der Waals surface area contributed by atoms with Gasteiger partial charge in [-0.05, 0) is 56.7 Å². The van der Waals surface area contributed by atoms with Crippen molar-refractivity contribution in [2.24, 2.45) is 0 Å². The van der Waals surface area contributed by atoms with Crippen LogP contribution < -0.4 is 10.6 Å². The minimum atomic E-state index is 0.611. The fraction of sp³-hybridized carbons (Fsp3) is 0.263. The average Bonchev–Trinajstić information content (AvgIpc) is 2.59. The number of nitrogens with one attached hydrogen (secondary N) is 2. The van der Waals surface area contributed by atoms with Gasteiger partial charge in [-0.3, -0.25) is 9.59 Å². The number of anilines is 1. The molecule has 0 aromatic heterocycles. The van der Waals surface area contributed by atoms with Crippen LogP contribution in [-0.4, -0.2) is 30.8 Å². The number of hydrogen-bond acceptors (Lipinski definition) is 3. The molecule has 0 aliphatic carbocycles. The van der Waals surface area contributed by atoms with Crippen LogP contribution in [0.3, 0.4) is 0 Å². The molecule has 134 valence electrons. The van der Waals surface area contributed by atoms with E-state index in [0.29, 0.717) is 30.2 Å². The quantitative estimate of drug-likeness (QED) is 0.492. The number of hydrogen-bond donors (Lipinski definition) is 2. The zero-order chi connectivity index (χ0) is 18.7. The Bertz CT molecular complexity index is 681. The van der Waals surface area contributed by atoms with Crippen LogP contribution in [-0.2, 0) is 9.59 Å². The predicted molar refractivity (Wildman–Crippen MR) is 104 cm³/mol. The number of allylic oxidation sites excluding steroid dienone is 3. The van der Waals surface area contributed by atoms with Gasteiger partial charge in [-0.25, -0.2) is 0 Å². The molecule has 0 saturated heterocycles. The highest BCUT2D eigenvalue weighted by atomic mass is 35.5. The van der Waals surface area contributed by atoms with Crippen molar-refractivity contribution in [3.05, 3.63) is 58.4 Å². The number of carbonyl (C=O) groups is 2. The highest BCUT2D eigenvalue weighted by molar-refractivity contribution is 6.30. The van der Waals surface area contributed by atoms with E-state index in [0.717, 1.165) is 23.2 Å². The van der Waals surface area contributed by atoms with Crippen LogP contribution in [0.4, 0.5) is 5.69 Å². The predicted octanol–water partition coefficient (Wildman–Crippen LogP) is 3.80. The van der Waals surface area contributed by atoms with Gasteiger partial charge < -0.3 is 15.5 Å². The topological polar surface area (TPSA) is 61.4 Å². The van der Waals surface area contributed by atoms with Crippen LogP contribution in [0.25, 0.3) is 6.08 Å². The second kappa shape index (κ2) is 11.1. The Kier molecular flexibility index (Phi) is 9.11. The minimum Gasteiger partial charge on any atom is -0.385 e. The van der Waals surface area contributed by atoms with Crippen LogP contribution in [0, 0.1) is 0 Å². The Morgan fingerprint density at radius 1 is 1.28 bits per heavy atom. The number of carbonyl (C=O) groups excluding carboxylic acids is 2. The molecular weight excluding hydrogens is 338 g/mol. The van der Waals surface area contributed by atoms with Crippen molar-refractivity contribution in [2.75, 3.05) is 18.4 Å². The third-order valence-corrected chi connectivity index (χ3v) is 3.64. The van der Waals surface area contributed by atoms with Crippen LogP contribution in [0.15, 0.2) is 47.8 Å². The number of amides is 2. The second-order valence-corrected chi connectivity index (χ2v) is 5.90. The molecule has 25 heavy (non-hydrogen) atoms. The summed E-state index contributed by atoms with van der Waals surface area (Å²) >= 11 is 6.03. The summed E-state index contributed by atoms with van der Waals surface area (Å²) in [5, 5.41) is 6.57. The molecule has 2 amide bonds. The summed E-state index contributed by atoms with van der Waals surface area (Å²) in [5.41, 5.74) is 3.62. The van der Waals surface area contributed by atoms with Gasteiger partial charge in [0.05, 0.1) is 0 Å². The van der Waals surface area contributed by atoms with Crippen molar-refractivity contribution in [1.82, 2.24) is 10.2 Å². The van der Waals surface area contributed by atoms with Crippen LogP contribution in [0.2, 0.25) is 5.02 Å². The molecule has 0 fully saturated rings. The van der Waals surface area contributed by atoms with Gasteiger partial charge in [0.25, 0.3) is 0 Å². The maximum atomic E-state index is 10.7. The fourth-order valence-corrected chi connectivity index (χ4v) is 2.20. The summed E-state index contributed by atoms with van der Waals surface area (Å²) in [5.74, 6) is 0. The summed E-state index contributed by atoms with van der Waals surface area (Å²) in [7, 11) is 0. The molecule has 0 aliphatic heterocycles. The fourth-order valence-electron chi connectivity index (χ4n) is 2.02. The van der Waals surface area contributed by atoms with Gasteiger partial charge >= 0.3 is 0 Å². The molecule has 1 rings (SSSR count).